The van der Waals surface area contributed by atoms with Gasteiger partial charge in [-0.2, -0.15) is 0 Å². The number of nitro groups is 1. The first kappa shape index (κ1) is 13.9. The van der Waals surface area contributed by atoms with Crippen molar-refractivity contribution < 1.29 is 4.92 Å². The monoisotopic (exact) mass is 256 g/mol. The third-order valence-electron chi connectivity index (χ3n) is 2.88. The van der Waals surface area contributed by atoms with E-state index < -0.39 is 0 Å². The zero-order chi connectivity index (χ0) is 13.1. The maximum Gasteiger partial charge on any atom is 0.273 e. The van der Waals surface area contributed by atoms with Crippen LogP contribution in [0, 0.1) is 10.1 Å². The number of hydrogen-bond donors (Lipinski definition) is 1. The lowest BCUT2D eigenvalue weighted by Gasteiger charge is -2.24. The molecule has 4 nitrogen and oxygen atoms in total. The van der Waals surface area contributed by atoms with Gasteiger partial charge < -0.3 is 5.32 Å². The van der Waals surface area contributed by atoms with Crippen molar-refractivity contribution in [3.63, 3.8) is 0 Å². The van der Waals surface area contributed by atoms with E-state index in [2.05, 4.69) is 26.1 Å². The van der Waals surface area contributed by atoms with Crippen molar-refractivity contribution in [2.45, 2.75) is 39.3 Å². The summed E-state index contributed by atoms with van der Waals surface area (Å²) in [5.74, 6) is 0. The molecule has 0 unspecified atom stereocenters. The second-order valence-electron chi connectivity index (χ2n) is 4.62. The third kappa shape index (κ3) is 3.98. The van der Waals surface area contributed by atoms with E-state index in [0.29, 0.717) is 17.1 Å². The van der Waals surface area contributed by atoms with Gasteiger partial charge >= 0.3 is 0 Å². The van der Waals surface area contributed by atoms with E-state index >= 15 is 0 Å². The second kappa shape index (κ2) is 5.47. The largest absolute Gasteiger partial charge is 0.307 e. The molecule has 0 aliphatic rings. The molecule has 0 saturated heterocycles. The normalized spacial score (nSPS) is 11.5. The number of halogens is 1. The highest BCUT2D eigenvalue weighted by atomic mass is 35.5. The predicted molar refractivity (Wildman–Crippen MR) is 69.3 cm³/mol. The van der Waals surface area contributed by atoms with Crippen molar-refractivity contribution in [1.29, 1.82) is 0 Å². The number of nitrogens with one attached hydrogen (secondary N) is 1. The Kier molecular flexibility index (Phi) is 4.48. The second-order valence-corrected chi connectivity index (χ2v) is 5.06. The van der Waals surface area contributed by atoms with Crippen molar-refractivity contribution in [2.24, 2.45) is 0 Å². The van der Waals surface area contributed by atoms with E-state index in [1.807, 2.05) is 0 Å². The van der Waals surface area contributed by atoms with Crippen LogP contribution in [0.3, 0.4) is 0 Å². The lowest BCUT2D eigenvalue weighted by molar-refractivity contribution is -0.385. The number of nitro benzene ring substituents is 1. The Morgan fingerprint density at radius 1 is 1.47 bits per heavy atom. The zero-order valence-electron chi connectivity index (χ0n) is 10.3. The topological polar surface area (TPSA) is 55.2 Å². The fourth-order valence-corrected chi connectivity index (χ4v) is 1.53. The van der Waals surface area contributed by atoms with Gasteiger partial charge in [0.1, 0.15) is 0 Å². The minimum Gasteiger partial charge on any atom is -0.307 e. The van der Waals surface area contributed by atoms with Crippen LogP contribution in [0.1, 0.15) is 32.8 Å². The van der Waals surface area contributed by atoms with Crippen LogP contribution in [-0.4, -0.2) is 10.5 Å². The number of nitrogens with zero attached hydrogens (tertiary/aromatic N) is 1. The van der Waals surface area contributed by atoms with Crippen LogP contribution in [0.15, 0.2) is 18.2 Å². The van der Waals surface area contributed by atoms with E-state index in [-0.39, 0.29) is 16.1 Å². The van der Waals surface area contributed by atoms with E-state index in [0.717, 1.165) is 6.42 Å². The van der Waals surface area contributed by atoms with Gasteiger partial charge in [-0.1, -0.05) is 18.5 Å². The van der Waals surface area contributed by atoms with Crippen LogP contribution < -0.4 is 5.32 Å². The first-order chi connectivity index (χ1) is 7.85. The standard InChI is InChI=1S/C12H17ClN2O2/c1-4-12(2,3)14-8-9-7-10(13)5-6-11(9)15(16)17/h5-7,14H,4,8H2,1-3H3. The summed E-state index contributed by atoms with van der Waals surface area (Å²) in [6.07, 6.45) is 0.946. The summed E-state index contributed by atoms with van der Waals surface area (Å²) in [7, 11) is 0. The fourth-order valence-electron chi connectivity index (χ4n) is 1.33. The summed E-state index contributed by atoms with van der Waals surface area (Å²) in [6.45, 7) is 6.63. The molecule has 0 radical (unpaired) electrons. The summed E-state index contributed by atoms with van der Waals surface area (Å²) in [6, 6.07) is 4.62. The predicted octanol–water partition coefficient (Wildman–Crippen LogP) is 3.53. The van der Waals surface area contributed by atoms with Gasteiger partial charge in [0.15, 0.2) is 0 Å². The molecule has 0 fully saturated rings. The lowest BCUT2D eigenvalue weighted by atomic mass is 10.0. The van der Waals surface area contributed by atoms with Gasteiger partial charge in [0.2, 0.25) is 0 Å². The maximum absolute atomic E-state index is 10.9. The van der Waals surface area contributed by atoms with Crippen LogP contribution in [0.4, 0.5) is 5.69 Å². The van der Waals surface area contributed by atoms with E-state index in [4.69, 9.17) is 11.6 Å². The Hall–Kier alpha value is -1.13. The van der Waals surface area contributed by atoms with Crippen molar-refractivity contribution in [1.82, 2.24) is 5.32 Å². The molecular weight excluding hydrogens is 240 g/mol. The Bertz CT molecular complexity index is 419. The summed E-state index contributed by atoms with van der Waals surface area (Å²) in [5, 5.41) is 14.7. The van der Waals surface area contributed by atoms with Crippen LogP contribution in [0.25, 0.3) is 0 Å². The number of rotatable bonds is 5. The van der Waals surface area contributed by atoms with Gasteiger partial charge in [0.25, 0.3) is 5.69 Å². The first-order valence-electron chi connectivity index (χ1n) is 5.53. The molecule has 1 N–H and O–H groups in total. The average Bonchev–Trinajstić information content (AvgIpc) is 2.26. The van der Waals surface area contributed by atoms with Crippen molar-refractivity contribution in [2.75, 3.05) is 0 Å². The van der Waals surface area contributed by atoms with Gasteiger partial charge in [-0.3, -0.25) is 10.1 Å². The fraction of sp³-hybridized carbons (Fsp3) is 0.500. The van der Waals surface area contributed by atoms with Crippen molar-refractivity contribution >= 4 is 17.3 Å². The van der Waals surface area contributed by atoms with Crippen molar-refractivity contribution in [3.05, 3.63) is 38.9 Å². The Morgan fingerprint density at radius 2 is 2.12 bits per heavy atom. The highest BCUT2D eigenvalue weighted by Crippen LogP contribution is 2.23. The zero-order valence-corrected chi connectivity index (χ0v) is 11.0. The molecule has 5 heteroatoms. The Morgan fingerprint density at radius 3 is 2.65 bits per heavy atom. The number of hydrogen-bond acceptors (Lipinski definition) is 3. The molecule has 0 spiro atoms. The summed E-state index contributed by atoms with van der Waals surface area (Å²) < 4.78 is 0. The van der Waals surface area contributed by atoms with Crippen molar-refractivity contribution in [3.8, 4) is 0 Å². The molecule has 1 aromatic carbocycles. The van der Waals surface area contributed by atoms with Gasteiger partial charge in [-0.15, -0.1) is 0 Å². The van der Waals surface area contributed by atoms with E-state index in [1.165, 1.54) is 12.1 Å². The highest BCUT2D eigenvalue weighted by Gasteiger charge is 2.18. The molecule has 0 amide bonds. The molecular formula is C12H17ClN2O2. The SMILES string of the molecule is CCC(C)(C)NCc1cc(Cl)ccc1[N+](=O)[O-]. The quantitative estimate of drug-likeness (QED) is 0.648. The van der Waals surface area contributed by atoms with Gasteiger partial charge in [0.05, 0.1) is 4.92 Å². The summed E-state index contributed by atoms with van der Waals surface area (Å²) in [5.41, 5.74) is 0.675. The molecule has 1 aromatic rings. The van der Waals surface area contributed by atoms with Gasteiger partial charge in [-0.05, 0) is 32.4 Å². The average molecular weight is 257 g/mol. The van der Waals surface area contributed by atoms with Crippen LogP contribution in [-0.2, 0) is 6.54 Å². The van der Waals surface area contributed by atoms with Crippen LogP contribution >= 0.6 is 11.6 Å². The number of benzene rings is 1. The van der Waals surface area contributed by atoms with E-state index in [9.17, 15) is 10.1 Å². The molecule has 0 saturated carbocycles. The maximum atomic E-state index is 10.9. The summed E-state index contributed by atoms with van der Waals surface area (Å²) in [4.78, 5) is 10.5. The van der Waals surface area contributed by atoms with Gasteiger partial charge in [-0.25, -0.2) is 0 Å². The summed E-state index contributed by atoms with van der Waals surface area (Å²) >= 11 is 5.86. The first-order valence-corrected chi connectivity index (χ1v) is 5.91. The Labute approximate surface area is 106 Å². The molecule has 17 heavy (non-hydrogen) atoms. The van der Waals surface area contributed by atoms with Gasteiger partial charge in [0, 0.05) is 28.7 Å². The minimum absolute atomic E-state index is 0.0455. The molecule has 0 aliphatic carbocycles. The molecule has 0 heterocycles. The minimum atomic E-state index is -0.383. The van der Waals surface area contributed by atoms with E-state index in [1.54, 1.807) is 6.07 Å². The smallest absolute Gasteiger partial charge is 0.273 e. The van der Waals surface area contributed by atoms with Crippen LogP contribution in [0.5, 0.6) is 0 Å². The molecule has 0 aliphatic heterocycles. The molecule has 0 aromatic heterocycles. The molecule has 0 bridgehead atoms. The Balaban J connectivity index is 2.89. The third-order valence-corrected chi connectivity index (χ3v) is 3.11. The lowest BCUT2D eigenvalue weighted by Crippen LogP contribution is -2.37. The molecule has 1 rings (SSSR count). The molecule has 0 atom stereocenters. The highest BCUT2D eigenvalue weighted by molar-refractivity contribution is 6.30. The van der Waals surface area contributed by atoms with Crippen LogP contribution in [0.2, 0.25) is 5.02 Å². The molecule has 94 valence electrons.